The Bertz CT molecular complexity index is 1140. The van der Waals surface area contributed by atoms with E-state index < -0.39 is 0 Å². The summed E-state index contributed by atoms with van der Waals surface area (Å²) in [5.74, 6) is 0. The fourth-order valence-corrected chi connectivity index (χ4v) is 4.24. The third-order valence-corrected chi connectivity index (χ3v) is 5.74. The van der Waals surface area contributed by atoms with Crippen molar-refractivity contribution in [2.24, 2.45) is 0 Å². The van der Waals surface area contributed by atoms with Crippen LogP contribution in [-0.2, 0) is 0 Å². The molecular formula is C30H26N2. The van der Waals surface area contributed by atoms with E-state index in [0.717, 1.165) is 23.5 Å². The molecule has 2 heteroatoms. The van der Waals surface area contributed by atoms with Gasteiger partial charge < -0.3 is 9.80 Å². The first-order valence-corrected chi connectivity index (χ1v) is 11.1. The van der Waals surface area contributed by atoms with Gasteiger partial charge in [0.25, 0.3) is 0 Å². The van der Waals surface area contributed by atoms with Crippen molar-refractivity contribution in [2.45, 2.75) is 12.5 Å². The molecule has 0 saturated heterocycles. The molecule has 0 saturated carbocycles. The molecule has 4 aromatic rings. The molecule has 0 aliphatic heterocycles. The van der Waals surface area contributed by atoms with Crippen molar-refractivity contribution < 1.29 is 0 Å². The second-order valence-electron chi connectivity index (χ2n) is 7.84. The van der Waals surface area contributed by atoms with E-state index in [1.54, 1.807) is 0 Å². The highest BCUT2D eigenvalue weighted by Gasteiger charge is 2.19. The second kappa shape index (κ2) is 9.40. The molecule has 0 bridgehead atoms. The van der Waals surface area contributed by atoms with Crippen LogP contribution in [0.25, 0.3) is 0 Å². The van der Waals surface area contributed by atoms with Gasteiger partial charge in [-0.05, 0) is 67.1 Å². The highest BCUT2D eigenvalue weighted by Crippen LogP contribution is 2.37. The molecule has 0 heterocycles. The monoisotopic (exact) mass is 414 g/mol. The summed E-state index contributed by atoms with van der Waals surface area (Å²) in [5.41, 5.74) is 5.82. The summed E-state index contributed by atoms with van der Waals surface area (Å²) < 4.78 is 0. The Labute approximate surface area is 190 Å². The van der Waals surface area contributed by atoms with Gasteiger partial charge in [0.2, 0.25) is 0 Å². The first kappa shape index (κ1) is 19.9. The van der Waals surface area contributed by atoms with Gasteiger partial charge in [-0.25, -0.2) is 0 Å². The van der Waals surface area contributed by atoms with Gasteiger partial charge in [-0.1, -0.05) is 78.9 Å². The Morgan fingerprint density at radius 1 is 0.469 bits per heavy atom. The van der Waals surface area contributed by atoms with E-state index in [4.69, 9.17) is 0 Å². The van der Waals surface area contributed by atoms with Gasteiger partial charge in [-0.2, -0.15) is 0 Å². The van der Waals surface area contributed by atoms with E-state index in [2.05, 4.69) is 149 Å². The van der Waals surface area contributed by atoms with Crippen LogP contribution in [0.3, 0.4) is 0 Å². The van der Waals surface area contributed by atoms with E-state index >= 15 is 0 Å². The maximum absolute atomic E-state index is 2.42. The SMILES string of the molecule is C1=CCC(N(c2ccccc2)c2ccc(N(c3ccccc3)c3ccccc3)cc2)C=C1. The first-order valence-electron chi connectivity index (χ1n) is 11.1. The number of hydrogen-bond acceptors (Lipinski definition) is 2. The summed E-state index contributed by atoms with van der Waals surface area (Å²) in [6, 6.07) is 40.9. The quantitative estimate of drug-likeness (QED) is 0.314. The Hall–Kier alpha value is -4.04. The number of rotatable bonds is 6. The van der Waals surface area contributed by atoms with Crippen molar-refractivity contribution >= 4 is 28.4 Å². The van der Waals surface area contributed by atoms with E-state index in [9.17, 15) is 0 Å². The van der Waals surface area contributed by atoms with Gasteiger partial charge in [0, 0.05) is 28.4 Å². The molecular weight excluding hydrogens is 388 g/mol. The molecule has 32 heavy (non-hydrogen) atoms. The number of allylic oxidation sites excluding steroid dienone is 2. The molecule has 0 radical (unpaired) electrons. The third-order valence-electron chi connectivity index (χ3n) is 5.74. The van der Waals surface area contributed by atoms with Gasteiger partial charge in [-0.3, -0.25) is 0 Å². The first-order chi connectivity index (χ1) is 15.9. The lowest BCUT2D eigenvalue weighted by Gasteiger charge is -2.33. The summed E-state index contributed by atoms with van der Waals surface area (Å²) in [7, 11) is 0. The Morgan fingerprint density at radius 2 is 0.906 bits per heavy atom. The van der Waals surface area contributed by atoms with Crippen LogP contribution in [0.4, 0.5) is 28.4 Å². The lowest BCUT2D eigenvalue weighted by Crippen LogP contribution is -2.29. The molecule has 5 rings (SSSR count). The lowest BCUT2D eigenvalue weighted by molar-refractivity contribution is 0.785. The Balaban J connectivity index is 1.53. The number of hydrogen-bond donors (Lipinski definition) is 0. The topological polar surface area (TPSA) is 6.48 Å². The number of benzene rings is 4. The van der Waals surface area contributed by atoms with Crippen molar-refractivity contribution in [1.82, 2.24) is 0 Å². The molecule has 0 amide bonds. The third kappa shape index (κ3) is 4.21. The molecule has 4 aromatic carbocycles. The summed E-state index contributed by atoms with van der Waals surface area (Å²) in [5, 5.41) is 0. The minimum atomic E-state index is 0.299. The molecule has 0 N–H and O–H groups in total. The highest BCUT2D eigenvalue weighted by atomic mass is 15.2. The largest absolute Gasteiger partial charge is 0.334 e. The predicted molar refractivity (Wildman–Crippen MR) is 136 cm³/mol. The molecule has 0 fully saturated rings. The van der Waals surface area contributed by atoms with Crippen LogP contribution in [0.1, 0.15) is 6.42 Å². The average molecular weight is 415 g/mol. The number of para-hydroxylation sites is 3. The Kier molecular flexibility index (Phi) is 5.85. The minimum Gasteiger partial charge on any atom is -0.334 e. The maximum Gasteiger partial charge on any atom is 0.0559 e. The zero-order chi connectivity index (χ0) is 21.6. The van der Waals surface area contributed by atoms with Crippen molar-refractivity contribution in [3.63, 3.8) is 0 Å². The number of nitrogens with zero attached hydrogens (tertiary/aromatic N) is 2. The van der Waals surface area contributed by atoms with Crippen molar-refractivity contribution in [1.29, 1.82) is 0 Å². The Morgan fingerprint density at radius 3 is 1.41 bits per heavy atom. The van der Waals surface area contributed by atoms with E-state index in [-0.39, 0.29) is 0 Å². The van der Waals surface area contributed by atoms with Gasteiger partial charge >= 0.3 is 0 Å². The van der Waals surface area contributed by atoms with Gasteiger partial charge in [0.15, 0.2) is 0 Å². The van der Waals surface area contributed by atoms with Crippen molar-refractivity contribution in [2.75, 3.05) is 9.80 Å². The van der Waals surface area contributed by atoms with Crippen LogP contribution in [0, 0.1) is 0 Å². The van der Waals surface area contributed by atoms with Crippen LogP contribution in [-0.4, -0.2) is 6.04 Å². The van der Waals surface area contributed by atoms with E-state index in [1.807, 2.05) is 0 Å². The smallest absolute Gasteiger partial charge is 0.0559 e. The van der Waals surface area contributed by atoms with Crippen LogP contribution in [0.15, 0.2) is 140 Å². The fraction of sp³-hybridized carbons (Fsp3) is 0.0667. The zero-order valence-electron chi connectivity index (χ0n) is 18.0. The van der Waals surface area contributed by atoms with E-state index in [1.165, 1.54) is 11.4 Å². The van der Waals surface area contributed by atoms with Gasteiger partial charge in [-0.15, -0.1) is 0 Å². The molecule has 1 aliphatic rings. The molecule has 0 aromatic heterocycles. The van der Waals surface area contributed by atoms with Crippen LogP contribution in [0.2, 0.25) is 0 Å². The highest BCUT2D eigenvalue weighted by molar-refractivity contribution is 5.78. The van der Waals surface area contributed by atoms with Crippen molar-refractivity contribution in [3.05, 3.63) is 140 Å². The van der Waals surface area contributed by atoms with Gasteiger partial charge in [0.05, 0.1) is 6.04 Å². The van der Waals surface area contributed by atoms with Gasteiger partial charge in [0.1, 0.15) is 0 Å². The van der Waals surface area contributed by atoms with Crippen LogP contribution in [0.5, 0.6) is 0 Å². The summed E-state index contributed by atoms with van der Waals surface area (Å²) in [4.78, 5) is 4.71. The predicted octanol–water partition coefficient (Wildman–Crippen LogP) is 8.18. The zero-order valence-corrected chi connectivity index (χ0v) is 18.0. The molecule has 0 spiro atoms. The molecule has 1 aliphatic carbocycles. The number of anilines is 5. The molecule has 1 unspecified atom stereocenters. The summed E-state index contributed by atoms with van der Waals surface area (Å²) in [6.07, 6.45) is 9.78. The lowest BCUT2D eigenvalue weighted by atomic mass is 10.0. The summed E-state index contributed by atoms with van der Waals surface area (Å²) >= 11 is 0. The second-order valence-corrected chi connectivity index (χ2v) is 7.84. The average Bonchev–Trinajstić information content (AvgIpc) is 2.88. The fourth-order valence-electron chi connectivity index (χ4n) is 4.24. The van der Waals surface area contributed by atoms with Crippen molar-refractivity contribution in [3.8, 4) is 0 Å². The van der Waals surface area contributed by atoms with Crippen LogP contribution >= 0.6 is 0 Å². The summed E-state index contributed by atoms with van der Waals surface area (Å²) in [6.45, 7) is 0. The van der Waals surface area contributed by atoms with E-state index in [0.29, 0.717) is 6.04 Å². The minimum absolute atomic E-state index is 0.299. The maximum atomic E-state index is 2.42. The molecule has 156 valence electrons. The normalized spacial score (nSPS) is 14.8. The molecule has 2 nitrogen and oxygen atoms in total. The molecule has 1 atom stereocenters. The van der Waals surface area contributed by atoms with Crippen LogP contribution < -0.4 is 9.80 Å². The standard InChI is InChI=1S/C30H26N2/c1-5-13-25(14-6-1)31(26-15-7-2-8-16-26)29-21-23-30(24-22-29)32(27-17-9-3-10-18-27)28-19-11-4-12-20-28/h1-19,21-24,28H,20H2.